The minimum atomic E-state index is -0.352. The van der Waals surface area contributed by atoms with Crippen LogP contribution in [0.5, 0.6) is 0 Å². The van der Waals surface area contributed by atoms with Gasteiger partial charge in [-0.15, -0.1) is 0 Å². The molecule has 3 aliphatic carbocycles. The number of fused-ring (bicyclic) bond motifs is 9. The van der Waals surface area contributed by atoms with Crippen molar-refractivity contribution in [2.45, 2.75) is 79.1 Å². The van der Waals surface area contributed by atoms with Crippen LogP contribution in [0.2, 0.25) is 0 Å². The fraction of sp³-hybridized carbons (Fsp3) is 0.304. The molecule has 0 saturated heterocycles. The van der Waals surface area contributed by atoms with E-state index in [1.54, 1.807) is 0 Å². The number of rotatable bonds is 11. The van der Waals surface area contributed by atoms with E-state index in [-0.39, 0.29) is 55.2 Å². The lowest BCUT2D eigenvalue weighted by atomic mass is 9.98. The van der Waals surface area contributed by atoms with Gasteiger partial charge in [-0.3, -0.25) is 19.1 Å². The Morgan fingerprint density at radius 3 is 0.938 bits per heavy atom. The first kappa shape index (κ1) is 51.6. The minimum absolute atomic E-state index is 0.0516. The molecule has 9 rings (SSSR count). The zero-order valence-corrected chi connectivity index (χ0v) is 39.8. The molecule has 0 heterocycles. The average molecular weight is 896 g/mol. The Kier molecular flexibility index (Phi) is 21.7. The molecule has 0 fully saturated rings. The molecular formula is C56H65NO7S. The molecule has 3 aliphatic rings. The van der Waals surface area contributed by atoms with E-state index >= 15 is 0 Å². The summed E-state index contributed by atoms with van der Waals surface area (Å²) in [6.07, 6.45) is 0.478. The van der Waals surface area contributed by atoms with E-state index in [1.165, 1.54) is 66.8 Å². The second kappa shape index (κ2) is 27.4. The summed E-state index contributed by atoms with van der Waals surface area (Å²) in [5.41, 5.74) is 14.8. The van der Waals surface area contributed by atoms with Crippen molar-refractivity contribution in [1.82, 2.24) is 4.72 Å². The highest BCUT2D eigenvalue weighted by Gasteiger charge is 2.31. The van der Waals surface area contributed by atoms with Crippen molar-refractivity contribution in [2.24, 2.45) is 0 Å². The summed E-state index contributed by atoms with van der Waals surface area (Å²) >= 11 is 3.80. The van der Waals surface area contributed by atoms with Gasteiger partial charge in [0.15, 0.2) is 0 Å². The summed E-state index contributed by atoms with van der Waals surface area (Å²) < 4.78 is 18.5. The number of benzene rings is 6. The van der Waals surface area contributed by atoms with Gasteiger partial charge in [0, 0.05) is 24.2 Å². The van der Waals surface area contributed by atoms with Gasteiger partial charge >= 0.3 is 17.9 Å². The Bertz CT molecular complexity index is 2180. The number of hydrogen-bond donors (Lipinski definition) is 3. The lowest BCUT2D eigenvalue weighted by Crippen LogP contribution is -2.20. The van der Waals surface area contributed by atoms with E-state index in [9.17, 15) is 14.4 Å². The largest absolute Gasteiger partial charge is 0.465 e. The van der Waals surface area contributed by atoms with Crippen LogP contribution < -0.4 is 4.72 Å². The minimum Gasteiger partial charge on any atom is -0.465 e. The maximum Gasteiger partial charge on any atom is 0.320 e. The van der Waals surface area contributed by atoms with Gasteiger partial charge in [-0.25, -0.2) is 0 Å². The standard InChI is InChI=1S/C17H16O3.C17H16O2.C16H15NO2S.3C2H6/c18-10-9-17(19)20-11-16-14-7-3-1-5-12(14)13-6-2-4-8-15(13)16;1-2-17(18)19-11-16-14-9-5-3-7-12(14)13-8-4-6-10-15(13)16;18-16(9-17-20)19-10-15-13-7-3-1-5-11(13)12-6-2-4-8-14(12)15;3*1-2/h1-8,16,18H,9-11H2;3-10,16H,2,11H2,1H3;1-8,15,17,20H,9-10H2;3*1-2H3. The third-order valence-electron chi connectivity index (χ3n) is 10.9. The van der Waals surface area contributed by atoms with Gasteiger partial charge in [-0.05, 0) is 66.8 Å². The fourth-order valence-corrected chi connectivity index (χ4v) is 8.36. The maximum absolute atomic E-state index is 11.5. The molecular weight excluding hydrogens is 831 g/mol. The molecule has 6 aromatic carbocycles. The van der Waals surface area contributed by atoms with Crippen molar-refractivity contribution in [1.29, 1.82) is 0 Å². The van der Waals surface area contributed by atoms with Crippen molar-refractivity contribution in [2.75, 3.05) is 33.0 Å². The predicted molar refractivity (Wildman–Crippen MR) is 267 cm³/mol. The first-order chi connectivity index (χ1) is 31.9. The summed E-state index contributed by atoms with van der Waals surface area (Å²) in [4.78, 5) is 34.3. The normalized spacial score (nSPS) is 12.0. The van der Waals surface area contributed by atoms with Crippen molar-refractivity contribution in [3.05, 3.63) is 179 Å². The summed E-state index contributed by atoms with van der Waals surface area (Å²) in [6.45, 7) is 14.9. The first-order valence-corrected chi connectivity index (χ1v) is 23.4. The zero-order chi connectivity index (χ0) is 47.1. The average Bonchev–Trinajstić information content (AvgIpc) is 3.99. The number of hydrogen-bond acceptors (Lipinski definition) is 9. The van der Waals surface area contributed by atoms with Gasteiger partial charge in [0.25, 0.3) is 0 Å². The third kappa shape index (κ3) is 12.8. The number of esters is 3. The molecule has 0 aliphatic heterocycles. The molecule has 2 N–H and O–H groups in total. The Morgan fingerprint density at radius 1 is 0.446 bits per heavy atom. The van der Waals surface area contributed by atoms with Crippen molar-refractivity contribution < 1.29 is 33.7 Å². The number of ether oxygens (including phenoxy) is 3. The lowest BCUT2D eigenvalue weighted by molar-refractivity contribution is -0.145. The van der Waals surface area contributed by atoms with Crippen LogP contribution in [0.15, 0.2) is 146 Å². The van der Waals surface area contributed by atoms with Crippen LogP contribution in [0.4, 0.5) is 0 Å². The fourth-order valence-electron chi connectivity index (χ4n) is 8.23. The second-order valence-electron chi connectivity index (χ2n) is 14.4. The van der Waals surface area contributed by atoms with E-state index < -0.39 is 0 Å². The third-order valence-corrected chi connectivity index (χ3v) is 11.1. The quantitative estimate of drug-likeness (QED) is 0.0670. The molecule has 0 radical (unpaired) electrons. The highest BCUT2D eigenvalue weighted by molar-refractivity contribution is 7.78. The van der Waals surface area contributed by atoms with E-state index in [2.05, 4.69) is 102 Å². The van der Waals surface area contributed by atoms with Gasteiger partial charge in [0.1, 0.15) is 26.4 Å². The summed E-state index contributed by atoms with van der Waals surface area (Å²) in [5.74, 6) is -0.405. The second-order valence-corrected chi connectivity index (χ2v) is 14.7. The number of aliphatic hydroxyl groups excluding tert-OH is 1. The van der Waals surface area contributed by atoms with Crippen LogP contribution in [0, 0.1) is 0 Å². The Morgan fingerprint density at radius 2 is 0.692 bits per heavy atom. The van der Waals surface area contributed by atoms with E-state index in [0.29, 0.717) is 26.2 Å². The summed E-state index contributed by atoms with van der Waals surface area (Å²) in [6, 6.07) is 49.7. The molecule has 0 bridgehead atoms. The predicted octanol–water partition coefficient (Wildman–Crippen LogP) is 12.3. The molecule has 9 heteroatoms. The number of thiol groups is 1. The van der Waals surface area contributed by atoms with Crippen LogP contribution in [0.25, 0.3) is 33.4 Å². The maximum atomic E-state index is 11.5. The molecule has 0 saturated carbocycles. The van der Waals surface area contributed by atoms with Gasteiger partial charge in [0.05, 0.1) is 13.0 Å². The van der Waals surface area contributed by atoms with Crippen molar-refractivity contribution in [3.63, 3.8) is 0 Å². The topological polar surface area (TPSA) is 111 Å². The number of carbonyl (C=O) groups is 3. The first-order valence-electron chi connectivity index (χ1n) is 22.9. The Labute approximate surface area is 391 Å². The van der Waals surface area contributed by atoms with Crippen molar-refractivity contribution in [3.8, 4) is 33.4 Å². The molecule has 65 heavy (non-hydrogen) atoms. The lowest BCUT2D eigenvalue weighted by Gasteiger charge is -2.13. The number of aliphatic hydroxyl groups is 1. The van der Waals surface area contributed by atoms with E-state index in [4.69, 9.17) is 19.3 Å². The van der Waals surface area contributed by atoms with Gasteiger partial charge < -0.3 is 19.3 Å². The van der Waals surface area contributed by atoms with Crippen LogP contribution >= 0.6 is 12.8 Å². The van der Waals surface area contributed by atoms with E-state index in [1.807, 2.05) is 109 Å². The molecule has 0 amide bonds. The van der Waals surface area contributed by atoms with Crippen LogP contribution in [-0.2, 0) is 28.6 Å². The molecule has 6 aromatic rings. The smallest absolute Gasteiger partial charge is 0.320 e. The number of nitrogens with one attached hydrogen (secondary N) is 1. The van der Waals surface area contributed by atoms with Gasteiger partial charge in [-0.1, -0.05) is 207 Å². The zero-order valence-electron chi connectivity index (χ0n) is 38.9. The van der Waals surface area contributed by atoms with Crippen LogP contribution in [0.3, 0.4) is 0 Å². The van der Waals surface area contributed by atoms with Crippen molar-refractivity contribution >= 4 is 30.7 Å². The summed E-state index contributed by atoms with van der Waals surface area (Å²) in [5, 5.41) is 8.74. The SMILES string of the molecule is CC.CC.CC.CCC(=O)OCC1c2ccccc2-c2ccccc21.O=C(CCO)OCC1c2ccccc2-c2ccccc21.O=C(CNS)OCC1c2ccccc2-c2ccccc21. The van der Waals surface area contributed by atoms with E-state index in [0.717, 1.165) is 0 Å². The summed E-state index contributed by atoms with van der Waals surface area (Å²) in [7, 11) is 0. The molecule has 342 valence electrons. The highest BCUT2D eigenvalue weighted by Crippen LogP contribution is 2.46. The molecule has 0 aromatic heterocycles. The van der Waals surface area contributed by atoms with Gasteiger partial charge in [-0.2, -0.15) is 0 Å². The Hall–Kier alpha value is -6.00. The molecule has 0 spiro atoms. The molecule has 0 unspecified atom stereocenters. The Balaban J connectivity index is 0.000000202. The molecule has 8 nitrogen and oxygen atoms in total. The van der Waals surface area contributed by atoms with Crippen LogP contribution in [-0.4, -0.2) is 56.0 Å². The van der Waals surface area contributed by atoms with Crippen LogP contribution in [0.1, 0.15) is 112 Å². The molecule has 0 atom stereocenters. The van der Waals surface area contributed by atoms with Gasteiger partial charge in [0.2, 0.25) is 0 Å². The highest BCUT2D eigenvalue weighted by atomic mass is 32.1. The number of carbonyl (C=O) groups excluding carboxylic acids is 3. The monoisotopic (exact) mass is 895 g/mol.